The van der Waals surface area contributed by atoms with Crippen LogP contribution in [0.4, 0.5) is 4.39 Å². The van der Waals surface area contributed by atoms with Crippen LogP contribution < -0.4 is 0 Å². The van der Waals surface area contributed by atoms with Gasteiger partial charge in [-0.1, -0.05) is 35.9 Å². The highest BCUT2D eigenvalue weighted by atomic mass is 35.5. The summed E-state index contributed by atoms with van der Waals surface area (Å²) in [6.07, 6.45) is 0. The molecule has 1 N–H and O–H groups in total. The van der Waals surface area contributed by atoms with Crippen molar-refractivity contribution in [2.75, 3.05) is 0 Å². The molecule has 0 saturated carbocycles. The lowest BCUT2D eigenvalue weighted by Crippen LogP contribution is -2.22. The average Bonchev–Trinajstić information content (AvgIpc) is 2.33. The number of rotatable bonds is 2. The second-order valence-corrected chi connectivity index (χ2v) is 4.98. The van der Waals surface area contributed by atoms with Crippen molar-refractivity contribution in [2.24, 2.45) is 0 Å². The predicted octanol–water partition coefficient (Wildman–Crippen LogP) is 4.04. The van der Waals surface area contributed by atoms with Gasteiger partial charge in [0.25, 0.3) is 0 Å². The first-order valence-corrected chi connectivity index (χ1v) is 6.04. The van der Waals surface area contributed by atoms with Crippen molar-refractivity contribution in [1.29, 1.82) is 0 Å². The van der Waals surface area contributed by atoms with Crippen molar-refractivity contribution in [3.8, 4) is 0 Å². The minimum absolute atomic E-state index is 0.318. The van der Waals surface area contributed by atoms with Gasteiger partial charge in [-0.25, -0.2) is 4.39 Å². The number of aliphatic hydroxyl groups is 1. The van der Waals surface area contributed by atoms with Crippen LogP contribution >= 0.6 is 11.6 Å². The Labute approximate surface area is 111 Å². The van der Waals surface area contributed by atoms with E-state index in [-0.39, 0.29) is 5.82 Å². The highest BCUT2D eigenvalue weighted by Gasteiger charge is 2.26. The Bertz CT molecular complexity index is 561. The summed E-state index contributed by atoms with van der Waals surface area (Å²) in [6.45, 7) is 3.33. The molecule has 0 spiro atoms. The Hall–Kier alpha value is -1.38. The van der Waals surface area contributed by atoms with Gasteiger partial charge in [0.15, 0.2) is 0 Å². The van der Waals surface area contributed by atoms with Crippen molar-refractivity contribution in [3.05, 3.63) is 70.0 Å². The molecule has 0 saturated heterocycles. The Balaban J connectivity index is 2.46. The third-order valence-corrected chi connectivity index (χ3v) is 3.39. The molecule has 0 aromatic heterocycles. The van der Waals surface area contributed by atoms with E-state index in [2.05, 4.69) is 0 Å². The molecule has 0 aliphatic carbocycles. The smallest absolute Gasteiger partial charge is 0.126 e. The molecule has 2 aromatic rings. The van der Waals surface area contributed by atoms with Crippen LogP contribution in [0.3, 0.4) is 0 Å². The van der Waals surface area contributed by atoms with E-state index in [1.165, 1.54) is 6.07 Å². The maximum absolute atomic E-state index is 13.6. The normalized spacial score (nSPS) is 14.3. The number of hydrogen-bond acceptors (Lipinski definition) is 1. The lowest BCUT2D eigenvalue weighted by molar-refractivity contribution is 0.102. The summed E-state index contributed by atoms with van der Waals surface area (Å²) in [6, 6.07) is 11.6. The summed E-state index contributed by atoms with van der Waals surface area (Å²) in [5.41, 5.74) is 0.521. The topological polar surface area (TPSA) is 20.2 Å². The third-order valence-electron chi connectivity index (χ3n) is 3.14. The average molecular weight is 265 g/mol. The summed E-state index contributed by atoms with van der Waals surface area (Å²) in [5, 5.41) is 11.2. The molecular formula is C15H14ClFO. The van der Waals surface area contributed by atoms with E-state index in [9.17, 15) is 9.50 Å². The molecule has 0 amide bonds. The lowest BCUT2D eigenvalue weighted by atomic mass is 9.88. The predicted molar refractivity (Wildman–Crippen MR) is 71.3 cm³/mol. The second-order valence-electron chi connectivity index (χ2n) is 4.54. The molecule has 2 rings (SSSR count). The van der Waals surface area contributed by atoms with Crippen molar-refractivity contribution in [2.45, 2.75) is 19.4 Å². The Morgan fingerprint density at radius 2 is 1.61 bits per heavy atom. The van der Waals surface area contributed by atoms with Gasteiger partial charge >= 0.3 is 0 Å². The zero-order chi connectivity index (χ0) is 13.3. The molecule has 0 heterocycles. The summed E-state index contributed by atoms with van der Waals surface area (Å²) >= 11 is 5.81. The molecule has 0 bridgehead atoms. The van der Waals surface area contributed by atoms with Gasteiger partial charge in [0.2, 0.25) is 0 Å². The van der Waals surface area contributed by atoms with Gasteiger partial charge < -0.3 is 5.11 Å². The minimum atomic E-state index is -1.24. The van der Waals surface area contributed by atoms with Crippen molar-refractivity contribution < 1.29 is 9.50 Å². The maximum Gasteiger partial charge on any atom is 0.126 e. The van der Waals surface area contributed by atoms with Crippen LogP contribution in [0.1, 0.15) is 23.6 Å². The van der Waals surface area contributed by atoms with E-state index in [0.717, 1.165) is 0 Å². The van der Waals surface area contributed by atoms with Gasteiger partial charge in [0, 0.05) is 5.02 Å². The molecule has 1 unspecified atom stereocenters. The molecular weight excluding hydrogens is 251 g/mol. The van der Waals surface area contributed by atoms with Crippen LogP contribution in [0.25, 0.3) is 0 Å². The third kappa shape index (κ3) is 2.40. The minimum Gasteiger partial charge on any atom is -0.381 e. The van der Waals surface area contributed by atoms with Crippen LogP contribution in [0, 0.1) is 12.7 Å². The summed E-state index contributed by atoms with van der Waals surface area (Å²) in [5.74, 6) is -0.318. The van der Waals surface area contributed by atoms with Gasteiger partial charge in [-0.05, 0) is 48.7 Å². The highest BCUT2D eigenvalue weighted by molar-refractivity contribution is 6.30. The van der Waals surface area contributed by atoms with Crippen LogP contribution in [-0.4, -0.2) is 5.11 Å². The lowest BCUT2D eigenvalue weighted by Gasteiger charge is -2.25. The molecule has 18 heavy (non-hydrogen) atoms. The van der Waals surface area contributed by atoms with Crippen molar-refractivity contribution in [3.63, 3.8) is 0 Å². The molecule has 0 aliphatic rings. The van der Waals surface area contributed by atoms with E-state index in [1.807, 2.05) is 0 Å². The molecule has 0 fully saturated rings. The summed E-state index contributed by atoms with van der Waals surface area (Å²) in [4.78, 5) is 0. The number of halogens is 2. The molecule has 94 valence electrons. The van der Waals surface area contributed by atoms with E-state index in [4.69, 9.17) is 11.6 Å². The molecule has 2 aromatic carbocycles. The largest absolute Gasteiger partial charge is 0.381 e. The number of aryl methyl sites for hydroxylation is 1. The standard InChI is InChI=1S/C15H14ClFO/c1-10-3-4-12(9-14(10)17)15(2,18)11-5-7-13(16)8-6-11/h3-9,18H,1-2H3. The second kappa shape index (κ2) is 4.71. The van der Waals surface area contributed by atoms with E-state index in [0.29, 0.717) is 21.7 Å². The van der Waals surface area contributed by atoms with E-state index < -0.39 is 5.60 Å². The van der Waals surface area contributed by atoms with E-state index in [1.54, 1.807) is 50.2 Å². The van der Waals surface area contributed by atoms with Gasteiger partial charge in [0.05, 0.1) is 0 Å². The highest BCUT2D eigenvalue weighted by Crippen LogP contribution is 2.30. The van der Waals surface area contributed by atoms with Crippen molar-refractivity contribution in [1.82, 2.24) is 0 Å². The molecule has 1 nitrogen and oxygen atoms in total. The van der Waals surface area contributed by atoms with Crippen LogP contribution in [-0.2, 0) is 5.60 Å². The van der Waals surface area contributed by atoms with Crippen molar-refractivity contribution >= 4 is 11.6 Å². The Morgan fingerprint density at radius 1 is 1.06 bits per heavy atom. The Kier molecular flexibility index (Phi) is 3.42. The maximum atomic E-state index is 13.6. The fourth-order valence-electron chi connectivity index (χ4n) is 1.84. The van der Waals surface area contributed by atoms with Gasteiger partial charge in [0.1, 0.15) is 11.4 Å². The molecule has 1 atom stereocenters. The van der Waals surface area contributed by atoms with Crippen LogP contribution in [0.15, 0.2) is 42.5 Å². The first-order valence-electron chi connectivity index (χ1n) is 5.66. The zero-order valence-electron chi connectivity index (χ0n) is 10.2. The van der Waals surface area contributed by atoms with Crippen LogP contribution in [0.2, 0.25) is 5.02 Å². The summed E-state index contributed by atoms with van der Waals surface area (Å²) in [7, 11) is 0. The first-order chi connectivity index (χ1) is 8.41. The van der Waals surface area contributed by atoms with Gasteiger partial charge in [-0.2, -0.15) is 0 Å². The Morgan fingerprint density at radius 3 is 2.17 bits per heavy atom. The first kappa shape index (κ1) is 13.1. The molecule has 0 aliphatic heterocycles. The van der Waals surface area contributed by atoms with E-state index >= 15 is 0 Å². The SMILES string of the molecule is Cc1ccc(C(C)(O)c2ccc(Cl)cc2)cc1F. The fourth-order valence-corrected chi connectivity index (χ4v) is 1.96. The zero-order valence-corrected chi connectivity index (χ0v) is 11.0. The monoisotopic (exact) mass is 264 g/mol. The number of hydrogen-bond donors (Lipinski definition) is 1. The van der Waals surface area contributed by atoms with Gasteiger partial charge in [-0.15, -0.1) is 0 Å². The fraction of sp³-hybridized carbons (Fsp3) is 0.200. The quantitative estimate of drug-likeness (QED) is 0.868. The van der Waals surface area contributed by atoms with Gasteiger partial charge in [-0.3, -0.25) is 0 Å². The number of benzene rings is 2. The molecule has 3 heteroatoms. The van der Waals surface area contributed by atoms with Crippen LogP contribution in [0.5, 0.6) is 0 Å². The summed E-state index contributed by atoms with van der Waals surface area (Å²) < 4.78 is 13.6. The molecule has 0 radical (unpaired) electrons.